The molecular formula is C24H20N2O7S2. The zero-order valence-corrected chi connectivity index (χ0v) is 20.0. The molecule has 180 valence electrons. The summed E-state index contributed by atoms with van der Waals surface area (Å²) in [5.41, 5.74) is 1.15. The summed E-state index contributed by atoms with van der Waals surface area (Å²) in [6.07, 6.45) is 0. The molecule has 0 aliphatic rings. The van der Waals surface area contributed by atoms with Gasteiger partial charge in [0.15, 0.2) is 5.75 Å². The van der Waals surface area contributed by atoms with Crippen LogP contribution in [-0.4, -0.2) is 21.8 Å². The van der Waals surface area contributed by atoms with Crippen molar-refractivity contribution < 1.29 is 25.9 Å². The minimum atomic E-state index is -4.15. The molecule has 0 aromatic heterocycles. The number of benzene rings is 4. The average Bonchev–Trinajstić information content (AvgIpc) is 2.83. The van der Waals surface area contributed by atoms with E-state index in [1.165, 1.54) is 54.6 Å². The van der Waals surface area contributed by atoms with Gasteiger partial charge in [0.25, 0.3) is 5.69 Å². The summed E-state index contributed by atoms with van der Waals surface area (Å²) in [5.74, 6) is -0.0150. The van der Waals surface area contributed by atoms with Crippen LogP contribution < -0.4 is 8.91 Å². The first-order valence-electron chi connectivity index (χ1n) is 10.3. The molecule has 0 aliphatic heterocycles. The number of fused-ring (bicyclic) bond motifs is 1. The number of hydrogen-bond donors (Lipinski definition) is 1. The van der Waals surface area contributed by atoms with E-state index < -0.39 is 25.1 Å². The van der Waals surface area contributed by atoms with Gasteiger partial charge in [-0.05, 0) is 36.8 Å². The van der Waals surface area contributed by atoms with E-state index in [-0.39, 0.29) is 33.2 Å². The van der Waals surface area contributed by atoms with Crippen molar-refractivity contribution in [1.29, 1.82) is 0 Å². The molecule has 9 nitrogen and oxygen atoms in total. The van der Waals surface area contributed by atoms with Crippen LogP contribution in [0.2, 0.25) is 0 Å². The van der Waals surface area contributed by atoms with E-state index in [9.17, 15) is 26.9 Å². The van der Waals surface area contributed by atoms with Crippen LogP contribution in [-0.2, 0) is 26.7 Å². The Balaban J connectivity index is 1.66. The van der Waals surface area contributed by atoms with E-state index in [0.29, 0.717) is 10.9 Å². The topological polar surface area (TPSA) is 133 Å². The lowest BCUT2D eigenvalue weighted by atomic mass is 10.1. The highest BCUT2D eigenvalue weighted by molar-refractivity contribution is 7.89. The van der Waals surface area contributed by atoms with Crippen LogP contribution in [0.1, 0.15) is 11.1 Å². The van der Waals surface area contributed by atoms with Crippen molar-refractivity contribution in [2.45, 2.75) is 23.3 Å². The van der Waals surface area contributed by atoms with Gasteiger partial charge in [-0.3, -0.25) is 10.1 Å². The molecule has 0 spiro atoms. The Morgan fingerprint density at radius 1 is 0.857 bits per heavy atom. The van der Waals surface area contributed by atoms with Crippen LogP contribution in [0.25, 0.3) is 10.8 Å². The largest absolute Gasteiger partial charge is 0.378 e. The molecule has 35 heavy (non-hydrogen) atoms. The number of nitro groups is 1. The number of aryl methyl sites for hydroxylation is 1. The second-order valence-corrected chi connectivity index (χ2v) is 11.0. The zero-order valence-electron chi connectivity index (χ0n) is 18.4. The monoisotopic (exact) mass is 512 g/mol. The number of sulfonamides is 1. The molecule has 11 heteroatoms. The number of rotatable bonds is 8. The Hall–Kier alpha value is -3.80. The third kappa shape index (κ3) is 5.32. The molecule has 0 saturated carbocycles. The molecule has 0 heterocycles. The fourth-order valence-electron chi connectivity index (χ4n) is 3.47. The van der Waals surface area contributed by atoms with Gasteiger partial charge in [-0.25, -0.2) is 13.1 Å². The van der Waals surface area contributed by atoms with E-state index in [2.05, 4.69) is 4.72 Å². The van der Waals surface area contributed by atoms with Crippen LogP contribution in [0, 0.1) is 17.0 Å². The van der Waals surface area contributed by atoms with E-state index in [4.69, 9.17) is 4.18 Å². The van der Waals surface area contributed by atoms with Crippen LogP contribution in [0.4, 0.5) is 5.69 Å². The van der Waals surface area contributed by atoms with Crippen LogP contribution in [0.3, 0.4) is 0 Å². The summed E-state index contributed by atoms with van der Waals surface area (Å²) in [6, 6.07) is 20.7. The van der Waals surface area contributed by atoms with Crippen molar-refractivity contribution in [3.63, 3.8) is 0 Å². The van der Waals surface area contributed by atoms with Gasteiger partial charge in [0, 0.05) is 29.4 Å². The fourth-order valence-corrected chi connectivity index (χ4v) is 5.65. The van der Waals surface area contributed by atoms with Gasteiger partial charge in [0.05, 0.1) is 9.82 Å². The van der Waals surface area contributed by atoms with Crippen molar-refractivity contribution >= 4 is 36.6 Å². The highest BCUT2D eigenvalue weighted by Crippen LogP contribution is 2.32. The van der Waals surface area contributed by atoms with Crippen molar-refractivity contribution in [3.05, 3.63) is 106 Å². The van der Waals surface area contributed by atoms with Crippen LogP contribution in [0.5, 0.6) is 5.75 Å². The van der Waals surface area contributed by atoms with Gasteiger partial charge in [-0.2, -0.15) is 8.42 Å². The molecule has 0 aliphatic carbocycles. The number of nitrogens with zero attached hydrogens (tertiary/aromatic N) is 1. The predicted octanol–water partition coefficient (Wildman–Crippen LogP) is 4.30. The Morgan fingerprint density at radius 2 is 1.51 bits per heavy atom. The maximum absolute atomic E-state index is 13.1. The molecule has 0 bridgehead atoms. The first kappa shape index (κ1) is 24.3. The average molecular weight is 513 g/mol. The van der Waals surface area contributed by atoms with Gasteiger partial charge < -0.3 is 4.18 Å². The first-order valence-corrected chi connectivity index (χ1v) is 13.2. The van der Waals surface area contributed by atoms with E-state index in [0.717, 1.165) is 5.56 Å². The lowest BCUT2D eigenvalue weighted by Crippen LogP contribution is -2.23. The summed E-state index contributed by atoms with van der Waals surface area (Å²) < 4.78 is 59.5. The molecule has 0 atom stereocenters. The van der Waals surface area contributed by atoms with Crippen molar-refractivity contribution in [2.75, 3.05) is 0 Å². The Labute approximate surface area is 202 Å². The zero-order chi connectivity index (χ0) is 25.2. The minimum absolute atomic E-state index is 0.0150. The fraction of sp³-hybridized carbons (Fsp3) is 0.0833. The number of non-ortho nitro benzene ring substituents is 1. The van der Waals surface area contributed by atoms with Crippen molar-refractivity contribution in [2.24, 2.45) is 0 Å². The third-order valence-corrected chi connectivity index (χ3v) is 7.94. The van der Waals surface area contributed by atoms with E-state index in [1.54, 1.807) is 30.3 Å². The highest BCUT2D eigenvalue weighted by atomic mass is 32.2. The number of hydrogen-bond acceptors (Lipinski definition) is 7. The van der Waals surface area contributed by atoms with Gasteiger partial charge in [0.2, 0.25) is 10.0 Å². The van der Waals surface area contributed by atoms with Gasteiger partial charge in [-0.15, -0.1) is 0 Å². The second kappa shape index (κ2) is 9.45. The third-order valence-electron chi connectivity index (χ3n) is 5.23. The summed E-state index contributed by atoms with van der Waals surface area (Å²) >= 11 is 0. The Kier molecular flexibility index (Phi) is 6.57. The van der Waals surface area contributed by atoms with Crippen LogP contribution in [0.15, 0.2) is 94.7 Å². The predicted molar refractivity (Wildman–Crippen MR) is 130 cm³/mol. The van der Waals surface area contributed by atoms with Crippen molar-refractivity contribution in [1.82, 2.24) is 4.72 Å². The lowest BCUT2D eigenvalue weighted by molar-refractivity contribution is -0.384. The maximum Gasteiger partial charge on any atom is 0.339 e. The second-order valence-electron chi connectivity index (χ2n) is 7.71. The molecule has 1 N–H and O–H groups in total. The number of nitro benzene ring substituents is 1. The van der Waals surface area contributed by atoms with E-state index >= 15 is 0 Å². The standard InChI is InChI=1S/C24H20N2O7S2/c1-17-11-13-20(14-12-17)35(31,32)33-23-9-3-8-22-21(23)7-4-10-24(22)34(29,30)25-16-18-5-2-6-19(15-18)26(27)28/h2-15,25H,16H2,1H3. The molecule has 0 fully saturated rings. The van der Waals surface area contributed by atoms with Crippen molar-refractivity contribution in [3.8, 4) is 5.75 Å². The summed E-state index contributed by atoms with van der Waals surface area (Å²) in [4.78, 5) is 10.3. The molecule has 4 aromatic rings. The summed E-state index contributed by atoms with van der Waals surface area (Å²) in [5, 5.41) is 11.5. The molecular weight excluding hydrogens is 492 g/mol. The van der Waals surface area contributed by atoms with Crippen LogP contribution >= 0.6 is 0 Å². The molecule has 4 rings (SSSR count). The minimum Gasteiger partial charge on any atom is -0.378 e. The Morgan fingerprint density at radius 3 is 2.23 bits per heavy atom. The molecule has 0 unspecified atom stereocenters. The lowest BCUT2D eigenvalue weighted by Gasteiger charge is -2.13. The first-order chi connectivity index (χ1) is 16.6. The molecule has 0 radical (unpaired) electrons. The quantitative estimate of drug-likeness (QED) is 0.211. The Bertz CT molecular complexity index is 1630. The van der Waals surface area contributed by atoms with Gasteiger partial charge >= 0.3 is 10.1 Å². The summed E-state index contributed by atoms with van der Waals surface area (Å²) in [7, 11) is -8.21. The molecule has 0 saturated heterocycles. The number of nitrogens with one attached hydrogen (secondary N) is 1. The normalized spacial score (nSPS) is 11.9. The van der Waals surface area contributed by atoms with Gasteiger partial charge in [0.1, 0.15) is 4.90 Å². The maximum atomic E-state index is 13.1. The van der Waals surface area contributed by atoms with E-state index in [1.807, 2.05) is 6.92 Å². The smallest absolute Gasteiger partial charge is 0.339 e. The molecule has 4 aromatic carbocycles. The van der Waals surface area contributed by atoms with Gasteiger partial charge in [-0.1, -0.05) is 54.1 Å². The SMILES string of the molecule is Cc1ccc(S(=O)(=O)Oc2cccc3c(S(=O)(=O)NCc4cccc([N+](=O)[O-])c4)cccc23)cc1. The highest BCUT2D eigenvalue weighted by Gasteiger charge is 2.22. The molecule has 0 amide bonds. The summed E-state index contributed by atoms with van der Waals surface area (Å²) in [6.45, 7) is 1.66.